The molecule has 0 spiro atoms. The number of benzene rings is 1. The summed E-state index contributed by atoms with van der Waals surface area (Å²) in [5.74, 6) is -0.0390. The number of pyridine rings is 1. The van der Waals surface area contributed by atoms with E-state index in [1.54, 1.807) is 6.07 Å². The Kier molecular flexibility index (Phi) is 5.46. The second-order valence-corrected chi connectivity index (χ2v) is 7.32. The van der Waals surface area contributed by atoms with Crippen molar-refractivity contribution in [2.75, 3.05) is 20.2 Å². The first-order valence-electron chi connectivity index (χ1n) is 9.69. The van der Waals surface area contributed by atoms with Crippen molar-refractivity contribution in [2.45, 2.75) is 31.5 Å². The molecule has 9 heteroatoms. The first-order chi connectivity index (χ1) is 14.3. The molecule has 6 nitrogen and oxygen atoms in total. The number of piperidine rings is 1. The van der Waals surface area contributed by atoms with Crippen molar-refractivity contribution in [3.8, 4) is 5.75 Å². The Balaban J connectivity index is 1.62. The smallest absolute Gasteiger partial charge is 0.433 e. The third-order valence-corrected chi connectivity index (χ3v) is 5.28. The fourth-order valence-electron chi connectivity index (χ4n) is 3.72. The summed E-state index contributed by atoms with van der Waals surface area (Å²) in [5, 5.41) is 8.83. The Morgan fingerprint density at radius 3 is 2.73 bits per heavy atom. The van der Waals surface area contributed by atoms with Gasteiger partial charge in [-0.15, -0.1) is 0 Å². The highest BCUT2D eigenvalue weighted by Crippen LogP contribution is 2.30. The highest BCUT2D eigenvalue weighted by Gasteiger charge is 2.33. The van der Waals surface area contributed by atoms with Crippen LogP contribution in [0.25, 0.3) is 10.9 Å². The molecule has 0 aliphatic carbocycles. The van der Waals surface area contributed by atoms with Gasteiger partial charge in [0.1, 0.15) is 17.1 Å². The van der Waals surface area contributed by atoms with E-state index in [9.17, 15) is 18.0 Å². The van der Waals surface area contributed by atoms with Gasteiger partial charge in [-0.05, 0) is 44.1 Å². The third-order valence-electron chi connectivity index (χ3n) is 5.28. The Hall–Kier alpha value is -2.94. The Labute approximate surface area is 171 Å². The average Bonchev–Trinajstić information content (AvgIpc) is 3.16. The minimum Gasteiger partial charge on any atom is -0.496 e. The zero-order valence-corrected chi connectivity index (χ0v) is 16.4. The van der Waals surface area contributed by atoms with E-state index in [0.29, 0.717) is 17.4 Å². The molecule has 4 rings (SSSR count). The third kappa shape index (κ3) is 4.16. The number of hydrogen-bond donors (Lipinski definition) is 1. The van der Waals surface area contributed by atoms with Crippen LogP contribution in [0.3, 0.4) is 0 Å². The molecule has 1 N–H and O–H groups in total. The average molecular weight is 418 g/mol. The van der Waals surface area contributed by atoms with Gasteiger partial charge in [0.2, 0.25) is 0 Å². The number of ketones is 1. The maximum atomic E-state index is 12.9. The summed E-state index contributed by atoms with van der Waals surface area (Å²) < 4.78 is 46.1. The van der Waals surface area contributed by atoms with Crippen LogP contribution < -0.4 is 10.1 Å². The van der Waals surface area contributed by atoms with E-state index in [4.69, 9.17) is 4.74 Å². The van der Waals surface area contributed by atoms with Crippen molar-refractivity contribution in [2.24, 2.45) is 0 Å². The number of carbonyl (C=O) groups excluding carboxylic acids is 1. The summed E-state index contributed by atoms with van der Waals surface area (Å²) in [6, 6.07) is 7.20. The molecule has 0 unspecified atom stereocenters. The van der Waals surface area contributed by atoms with Gasteiger partial charge >= 0.3 is 6.18 Å². The fraction of sp³-hybridized carbons (Fsp3) is 0.381. The number of rotatable bonds is 5. The zero-order chi connectivity index (χ0) is 21.3. The lowest BCUT2D eigenvalue weighted by atomic mass is 10.0. The second kappa shape index (κ2) is 8.06. The summed E-state index contributed by atoms with van der Waals surface area (Å²) in [5.41, 5.74) is 0.0224. The quantitative estimate of drug-likeness (QED) is 0.639. The van der Waals surface area contributed by atoms with Gasteiger partial charge in [0.15, 0.2) is 5.78 Å². The predicted octanol–water partition coefficient (Wildman–Crippen LogP) is 3.81. The highest BCUT2D eigenvalue weighted by molar-refractivity contribution is 5.97. The number of hydrogen-bond acceptors (Lipinski definition) is 5. The van der Waals surface area contributed by atoms with E-state index in [2.05, 4.69) is 15.4 Å². The number of aromatic nitrogens is 3. The van der Waals surface area contributed by atoms with E-state index < -0.39 is 17.7 Å². The van der Waals surface area contributed by atoms with Gasteiger partial charge in [-0.3, -0.25) is 9.48 Å². The maximum Gasteiger partial charge on any atom is 0.433 e. The van der Waals surface area contributed by atoms with Crippen LogP contribution in [0.15, 0.2) is 36.5 Å². The van der Waals surface area contributed by atoms with Crippen LogP contribution in [0.5, 0.6) is 5.75 Å². The lowest BCUT2D eigenvalue weighted by Crippen LogP contribution is -2.29. The van der Waals surface area contributed by atoms with Crippen molar-refractivity contribution in [3.05, 3.63) is 53.5 Å². The number of nitrogens with zero attached hydrogens (tertiary/aromatic N) is 3. The number of nitrogens with one attached hydrogen (secondary N) is 1. The molecule has 1 aromatic carbocycles. The fourth-order valence-corrected chi connectivity index (χ4v) is 3.72. The largest absolute Gasteiger partial charge is 0.496 e. The van der Waals surface area contributed by atoms with Gasteiger partial charge in [-0.1, -0.05) is 6.07 Å². The maximum absolute atomic E-state index is 12.9. The molecule has 1 aliphatic heterocycles. The van der Waals surface area contributed by atoms with Gasteiger partial charge in [-0.2, -0.15) is 18.3 Å². The number of ether oxygens (including phenoxy) is 1. The molecule has 0 amide bonds. The number of carbonyl (C=O) groups is 1. The van der Waals surface area contributed by atoms with Crippen LogP contribution in [-0.2, 0) is 12.6 Å². The van der Waals surface area contributed by atoms with Crippen LogP contribution in [-0.4, -0.2) is 40.7 Å². The summed E-state index contributed by atoms with van der Waals surface area (Å²) in [4.78, 5) is 16.1. The number of halogens is 3. The molecule has 1 fully saturated rings. The van der Waals surface area contributed by atoms with Crippen LogP contribution in [0.1, 0.15) is 40.6 Å². The molecular formula is C21H21F3N4O2. The normalized spacial score (nSPS) is 15.5. The van der Waals surface area contributed by atoms with E-state index in [1.807, 2.05) is 16.9 Å². The van der Waals surface area contributed by atoms with Crippen LogP contribution >= 0.6 is 0 Å². The minimum absolute atomic E-state index is 0.119. The van der Waals surface area contributed by atoms with Crippen molar-refractivity contribution in [1.29, 1.82) is 0 Å². The SMILES string of the molecule is COc1cc2nn(C3CCNCC3)cc2cc1CC(=O)c1cccc(C(F)(F)F)n1. The Bertz CT molecular complexity index is 1070. The molecule has 158 valence electrons. The molecule has 0 bridgehead atoms. The first-order valence-corrected chi connectivity index (χ1v) is 9.69. The predicted molar refractivity (Wildman–Crippen MR) is 105 cm³/mol. The number of Topliss-reactive ketones (excluding diaryl/α,β-unsaturated/α-hetero) is 1. The lowest BCUT2D eigenvalue weighted by Gasteiger charge is -2.22. The molecule has 0 radical (unpaired) electrons. The van der Waals surface area contributed by atoms with E-state index in [-0.39, 0.29) is 12.1 Å². The van der Waals surface area contributed by atoms with E-state index >= 15 is 0 Å². The highest BCUT2D eigenvalue weighted by atomic mass is 19.4. The molecule has 3 aromatic rings. The summed E-state index contributed by atoms with van der Waals surface area (Å²) in [6.45, 7) is 1.88. The van der Waals surface area contributed by atoms with Crippen LogP contribution in [0.4, 0.5) is 13.2 Å². The van der Waals surface area contributed by atoms with Gasteiger partial charge in [-0.25, -0.2) is 4.98 Å². The Morgan fingerprint density at radius 2 is 2.03 bits per heavy atom. The molecule has 0 atom stereocenters. The van der Waals surface area contributed by atoms with Crippen molar-refractivity contribution >= 4 is 16.7 Å². The summed E-state index contributed by atoms with van der Waals surface area (Å²) in [7, 11) is 1.49. The second-order valence-electron chi connectivity index (χ2n) is 7.32. The van der Waals surface area contributed by atoms with Gasteiger partial charge < -0.3 is 10.1 Å². The van der Waals surface area contributed by atoms with Crippen LogP contribution in [0, 0.1) is 0 Å². The molecule has 1 aliphatic rings. The van der Waals surface area contributed by atoms with Crippen molar-refractivity contribution in [1.82, 2.24) is 20.1 Å². The molecular weight excluding hydrogens is 397 g/mol. The van der Waals surface area contributed by atoms with Crippen molar-refractivity contribution in [3.63, 3.8) is 0 Å². The number of methoxy groups -OCH3 is 1. The van der Waals surface area contributed by atoms with E-state index in [1.165, 1.54) is 19.2 Å². The van der Waals surface area contributed by atoms with Crippen molar-refractivity contribution < 1.29 is 22.7 Å². The number of fused-ring (bicyclic) bond motifs is 1. The van der Waals surface area contributed by atoms with Crippen LogP contribution in [0.2, 0.25) is 0 Å². The zero-order valence-electron chi connectivity index (χ0n) is 16.4. The molecule has 1 saturated heterocycles. The molecule has 2 aromatic heterocycles. The summed E-state index contributed by atoms with van der Waals surface area (Å²) in [6.07, 6.45) is -0.807. The van der Waals surface area contributed by atoms with Gasteiger partial charge in [0.25, 0.3) is 0 Å². The molecule has 30 heavy (non-hydrogen) atoms. The minimum atomic E-state index is -4.60. The number of alkyl halides is 3. The summed E-state index contributed by atoms with van der Waals surface area (Å²) >= 11 is 0. The topological polar surface area (TPSA) is 69.0 Å². The Morgan fingerprint density at radius 1 is 1.27 bits per heavy atom. The van der Waals surface area contributed by atoms with Gasteiger partial charge in [0, 0.05) is 29.6 Å². The lowest BCUT2D eigenvalue weighted by molar-refractivity contribution is -0.141. The van der Waals surface area contributed by atoms with E-state index in [0.717, 1.165) is 42.9 Å². The van der Waals surface area contributed by atoms with Gasteiger partial charge in [0.05, 0.1) is 18.7 Å². The standard InChI is InChI=1S/C21H21F3N4O2/c1-30-19-11-17-14(12-28(27-17)15-5-7-25-8-6-15)9-13(19)10-18(29)16-3-2-4-20(26-16)21(22,23)24/h2-4,9,11-12,15,25H,5-8,10H2,1H3. The molecule has 3 heterocycles. The first kappa shape index (κ1) is 20.3. The molecule has 0 saturated carbocycles. The monoisotopic (exact) mass is 418 g/mol.